The predicted octanol–water partition coefficient (Wildman–Crippen LogP) is 2.39. The van der Waals surface area contributed by atoms with Gasteiger partial charge in [0.25, 0.3) is 17.4 Å². The molecule has 0 bridgehead atoms. The maximum absolute atomic E-state index is 12.5. The number of hydrogen-bond donors (Lipinski definition) is 2. The van der Waals surface area contributed by atoms with Crippen LogP contribution in [-0.4, -0.2) is 16.4 Å². The van der Waals surface area contributed by atoms with E-state index in [-0.39, 0.29) is 16.9 Å². The highest BCUT2D eigenvalue weighted by Gasteiger charge is 2.32. The highest BCUT2D eigenvalue weighted by atomic mass is 79.9. The van der Waals surface area contributed by atoms with Crippen LogP contribution in [0, 0.1) is 0 Å². The van der Waals surface area contributed by atoms with Crippen LogP contribution in [0.15, 0.2) is 31.9 Å². The highest BCUT2D eigenvalue weighted by molar-refractivity contribution is 9.11. The zero-order chi connectivity index (χ0) is 16.9. The Hall–Kier alpha value is -1.93. The van der Waals surface area contributed by atoms with Gasteiger partial charge in [-0.15, -0.1) is 0 Å². The van der Waals surface area contributed by atoms with Crippen molar-refractivity contribution in [2.24, 2.45) is 0 Å². The minimum atomic E-state index is -0.611. The number of nitrogens with one attached hydrogen (secondary N) is 1. The summed E-state index contributed by atoms with van der Waals surface area (Å²) in [6.07, 6.45) is 0.822. The molecule has 3 N–H and O–H groups in total. The number of aromatic nitrogens is 1. The zero-order valence-corrected chi connectivity index (χ0v) is 15.1. The van der Waals surface area contributed by atoms with Crippen LogP contribution in [0.25, 0.3) is 5.69 Å². The number of carbonyl (C=O) groups is 2. The summed E-state index contributed by atoms with van der Waals surface area (Å²) in [5.41, 5.74) is 7.12. The first-order chi connectivity index (χ1) is 10.8. The molecule has 118 valence electrons. The summed E-state index contributed by atoms with van der Waals surface area (Å²) in [4.78, 5) is 36.1. The predicted molar refractivity (Wildman–Crippen MR) is 93.0 cm³/mol. The van der Waals surface area contributed by atoms with Gasteiger partial charge < -0.3 is 5.73 Å². The number of aryl methyl sites for hydroxylation is 1. The number of nitrogens with zero attached hydrogens (tertiary/aromatic N) is 1. The molecule has 1 aliphatic rings. The molecule has 3 rings (SSSR count). The van der Waals surface area contributed by atoms with Crippen molar-refractivity contribution >= 4 is 49.5 Å². The summed E-state index contributed by atoms with van der Waals surface area (Å²) in [5, 5.41) is 2.14. The van der Waals surface area contributed by atoms with Crippen LogP contribution in [0.3, 0.4) is 0 Å². The molecular formula is C15H11Br2N3O3. The van der Waals surface area contributed by atoms with Crippen molar-refractivity contribution in [1.82, 2.24) is 9.88 Å². The summed E-state index contributed by atoms with van der Waals surface area (Å²) in [6.45, 7) is 2.01. The summed E-state index contributed by atoms with van der Waals surface area (Å²) < 4.78 is 2.52. The third-order valence-corrected chi connectivity index (χ3v) is 4.87. The molecule has 0 radical (unpaired) electrons. The molecule has 0 aliphatic carbocycles. The van der Waals surface area contributed by atoms with Gasteiger partial charge in [-0.1, -0.05) is 6.92 Å². The number of anilines is 1. The van der Waals surface area contributed by atoms with Crippen molar-refractivity contribution in [3.8, 4) is 5.69 Å². The standard InChI is InChI=1S/C15H11Br2N3O3/c1-2-6-3-8(16)12(9(17)4-6)20-10(21)5-7-11(13(20)18)15(23)19-14(7)22/h3-5H,2,18H2,1H3,(H,19,22,23). The quantitative estimate of drug-likeness (QED) is 0.701. The molecule has 0 spiro atoms. The fraction of sp³-hybridized carbons (Fsp3) is 0.133. The fourth-order valence-corrected chi connectivity index (χ4v) is 4.18. The number of rotatable bonds is 2. The monoisotopic (exact) mass is 439 g/mol. The number of nitrogen functional groups attached to an aromatic ring is 1. The number of benzene rings is 1. The van der Waals surface area contributed by atoms with Crippen LogP contribution in [0.4, 0.5) is 5.82 Å². The average Bonchev–Trinajstić information content (AvgIpc) is 2.75. The summed E-state index contributed by atoms with van der Waals surface area (Å²) >= 11 is 6.88. The van der Waals surface area contributed by atoms with Crippen molar-refractivity contribution in [2.45, 2.75) is 13.3 Å². The molecule has 0 atom stereocenters. The molecule has 2 amide bonds. The van der Waals surface area contributed by atoms with E-state index >= 15 is 0 Å². The first-order valence-corrected chi connectivity index (χ1v) is 8.33. The number of imide groups is 1. The molecule has 6 nitrogen and oxygen atoms in total. The second-order valence-electron chi connectivity index (χ2n) is 5.04. The molecule has 23 heavy (non-hydrogen) atoms. The van der Waals surface area contributed by atoms with E-state index in [9.17, 15) is 14.4 Å². The lowest BCUT2D eigenvalue weighted by molar-refractivity contribution is 0.0880. The van der Waals surface area contributed by atoms with Gasteiger partial charge in [0.1, 0.15) is 5.82 Å². The number of pyridine rings is 1. The highest BCUT2D eigenvalue weighted by Crippen LogP contribution is 2.33. The molecule has 8 heteroatoms. The number of fused-ring (bicyclic) bond motifs is 1. The van der Waals surface area contributed by atoms with Crippen LogP contribution in [0.2, 0.25) is 0 Å². The van der Waals surface area contributed by atoms with E-state index in [0.29, 0.717) is 14.6 Å². The van der Waals surface area contributed by atoms with E-state index in [1.807, 2.05) is 19.1 Å². The van der Waals surface area contributed by atoms with Gasteiger partial charge in [-0.25, -0.2) is 0 Å². The second kappa shape index (κ2) is 5.61. The Balaban J connectivity index is 2.36. The second-order valence-corrected chi connectivity index (χ2v) is 6.75. The SMILES string of the molecule is CCc1cc(Br)c(-n2c(N)c3c(cc2=O)C(=O)NC3=O)c(Br)c1. The number of hydrogen-bond acceptors (Lipinski definition) is 4. The normalized spacial score (nSPS) is 13.2. The molecule has 1 aromatic heterocycles. The van der Waals surface area contributed by atoms with Gasteiger partial charge in [-0.05, 0) is 56.0 Å². The van der Waals surface area contributed by atoms with Gasteiger partial charge in [-0.3, -0.25) is 24.3 Å². The van der Waals surface area contributed by atoms with Gasteiger partial charge >= 0.3 is 0 Å². The minimum absolute atomic E-state index is 0.00572. The minimum Gasteiger partial charge on any atom is -0.384 e. The van der Waals surface area contributed by atoms with Crippen molar-refractivity contribution in [1.29, 1.82) is 0 Å². The maximum Gasteiger partial charge on any atom is 0.262 e. The number of halogens is 2. The zero-order valence-electron chi connectivity index (χ0n) is 11.9. The first-order valence-electron chi connectivity index (χ1n) is 6.74. The molecule has 2 heterocycles. The lowest BCUT2D eigenvalue weighted by atomic mass is 10.1. The van der Waals surface area contributed by atoms with Crippen LogP contribution in [-0.2, 0) is 6.42 Å². The number of amides is 2. The summed E-state index contributed by atoms with van der Waals surface area (Å²) in [5.74, 6) is -1.28. The Morgan fingerprint density at radius 1 is 1.09 bits per heavy atom. The Bertz CT molecular complexity index is 911. The Morgan fingerprint density at radius 3 is 2.26 bits per heavy atom. The van der Waals surface area contributed by atoms with E-state index < -0.39 is 17.4 Å². The molecular weight excluding hydrogens is 430 g/mol. The van der Waals surface area contributed by atoms with Crippen LogP contribution < -0.4 is 16.6 Å². The van der Waals surface area contributed by atoms with Gasteiger partial charge in [-0.2, -0.15) is 0 Å². The van der Waals surface area contributed by atoms with Gasteiger partial charge in [0, 0.05) is 15.0 Å². The van der Waals surface area contributed by atoms with Gasteiger partial charge in [0.2, 0.25) is 0 Å². The van der Waals surface area contributed by atoms with E-state index in [1.165, 1.54) is 4.57 Å². The smallest absolute Gasteiger partial charge is 0.262 e. The third-order valence-electron chi connectivity index (χ3n) is 3.66. The van der Waals surface area contributed by atoms with Crippen molar-refractivity contribution in [3.63, 3.8) is 0 Å². The van der Waals surface area contributed by atoms with E-state index in [1.54, 1.807) is 0 Å². The molecule has 0 fully saturated rings. The summed E-state index contributed by atoms with van der Waals surface area (Å²) in [7, 11) is 0. The first kappa shape index (κ1) is 15.9. The number of nitrogens with two attached hydrogens (primary N) is 1. The molecule has 1 aliphatic heterocycles. The van der Waals surface area contributed by atoms with Crippen molar-refractivity contribution in [2.75, 3.05) is 5.73 Å². The van der Waals surface area contributed by atoms with E-state index in [4.69, 9.17) is 5.73 Å². The van der Waals surface area contributed by atoms with Crippen LogP contribution in [0.5, 0.6) is 0 Å². The molecule has 0 saturated heterocycles. The average molecular weight is 441 g/mol. The molecule has 0 saturated carbocycles. The topological polar surface area (TPSA) is 94.2 Å². The van der Waals surface area contributed by atoms with E-state index in [2.05, 4.69) is 37.2 Å². The molecule has 0 unspecified atom stereocenters. The van der Waals surface area contributed by atoms with Crippen molar-refractivity contribution in [3.05, 3.63) is 54.2 Å². The Kier molecular flexibility index (Phi) is 3.89. The Labute approximate surface area is 147 Å². The van der Waals surface area contributed by atoms with Gasteiger partial charge in [0.05, 0.1) is 16.8 Å². The largest absolute Gasteiger partial charge is 0.384 e. The molecule has 1 aromatic carbocycles. The third kappa shape index (κ3) is 2.42. The van der Waals surface area contributed by atoms with Crippen LogP contribution >= 0.6 is 31.9 Å². The fourth-order valence-electron chi connectivity index (χ4n) is 2.55. The van der Waals surface area contributed by atoms with Crippen molar-refractivity contribution < 1.29 is 9.59 Å². The van der Waals surface area contributed by atoms with Crippen LogP contribution in [0.1, 0.15) is 33.2 Å². The number of carbonyl (C=O) groups excluding carboxylic acids is 2. The Morgan fingerprint density at radius 2 is 1.70 bits per heavy atom. The van der Waals surface area contributed by atoms with E-state index in [0.717, 1.165) is 18.1 Å². The maximum atomic E-state index is 12.5. The summed E-state index contributed by atoms with van der Waals surface area (Å²) in [6, 6.07) is 4.88. The van der Waals surface area contributed by atoms with Gasteiger partial charge in [0.15, 0.2) is 0 Å². The lowest BCUT2D eigenvalue weighted by Gasteiger charge is -2.16. The lowest BCUT2D eigenvalue weighted by Crippen LogP contribution is -2.24. The molecule has 2 aromatic rings.